The predicted octanol–water partition coefficient (Wildman–Crippen LogP) is 3.69. The van der Waals surface area contributed by atoms with Crippen molar-refractivity contribution in [2.75, 3.05) is 10.6 Å². The monoisotopic (exact) mass is 261 g/mol. The summed E-state index contributed by atoms with van der Waals surface area (Å²) < 4.78 is 0. The van der Waals surface area contributed by atoms with Crippen LogP contribution >= 0.6 is 11.6 Å². The molecule has 1 aromatic heterocycles. The molecule has 0 atom stereocenters. The minimum Gasteiger partial charge on any atom is -0.308 e. The molecule has 0 saturated heterocycles. The van der Waals surface area contributed by atoms with Crippen LogP contribution in [0, 0.1) is 6.92 Å². The van der Waals surface area contributed by atoms with Crippen molar-refractivity contribution in [2.45, 2.75) is 6.92 Å². The lowest BCUT2D eigenvalue weighted by Crippen LogP contribution is -2.19. The number of halogens is 1. The van der Waals surface area contributed by atoms with Gasteiger partial charge in [0.2, 0.25) is 0 Å². The highest BCUT2D eigenvalue weighted by Gasteiger charge is 2.03. The van der Waals surface area contributed by atoms with Gasteiger partial charge in [0.05, 0.1) is 11.9 Å². The number of pyridine rings is 1. The molecular weight excluding hydrogens is 250 g/mol. The van der Waals surface area contributed by atoms with Crippen LogP contribution in [0.5, 0.6) is 0 Å². The van der Waals surface area contributed by atoms with Crippen molar-refractivity contribution in [3.63, 3.8) is 0 Å². The van der Waals surface area contributed by atoms with Crippen molar-refractivity contribution < 1.29 is 4.79 Å². The molecule has 4 nitrogen and oxygen atoms in total. The molecule has 0 fully saturated rings. The molecule has 2 aromatic rings. The number of hydrogen-bond donors (Lipinski definition) is 2. The summed E-state index contributed by atoms with van der Waals surface area (Å²) in [5.74, 6) is 0. The number of benzene rings is 1. The van der Waals surface area contributed by atoms with Gasteiger partial charge in [-0.1, -0.05) is 11.6 Å². The second-order valence-corrected chi connectivity index (χ2v) is 4.27. The second-order valence-electron chi connectivity index (χ2n) is 3.84. The summed E-state index contributed by atoms with van der Waals surface area (Å²) >= 11 is 5.91. The van der Waals surface area contributed by atoms with E-state index in [1.54, 1.807) is 30.6 Å². The molecule has 92 valence electrons. The normalized spacial score (nSPS) is 9.89. The maximum atomic E-state index is 11.7. The number of aryl methyl sites for hydroxylation is 1. The summed E-state index contributed by atoms with van der Waals surface area (Å²) in [6, 6.07) is 8.54. The number of nitrogens with one attached hydrogen (secondary N) is 2. The molecule has 0 aliphatic rings. The third kappa shape index (κ3) is 3.46. The summed E-state index contributed by atoms with van der Waals surface area (Å²) in [7, 11) is 0. The van der Waals surface area contributed by atoms with Gasteiger partial charge in [0.15, 0.2) is 0 Å². The number of carbonyl (C=O) groups excluding carboxylic acids is 1. The van der Waals surface area contributed by atoms with Crippen molar-refractivity contribution in [1.82, 2.24) is 4.98 Å². The van der Waals surface area contributed by atoms with Gasteiger partial charge >= 0.3 is 6.03 Å². The molecule has 0 saturated carbocycles. The first-order valence-corrected chi connectivity index (χ1v) is 5.76. The molecule has 2 rings (SSSR count). The van der Waals surface area contributed by atoms with E-state index in [-0.39, 0.29) is 6.03 Å². The summed E-state index contributed by atoms with van der Waals surface area (Å²) in [4.78, 5) is 15.6. The van der Waals surface area contributed by atoms with Crippen LogP contribution in [0.25, 0.3) is 0 Å². The number of nitrogens with zero attached hydrogens (tertiary/aromatic N) is 1. The lowest BCUT2D eigenvalue weighted by Gasteiger charge is -2.08. The molecule has 0 unspecified atom stereocenters. The lowest BCUT2D eigenvalue weighted by atomic mass is 10.2. The first-order valence-electron chi connectivity index (χ1n) is 5.39. The SMILES string of the molecule is Cc1cc(Cl)cc(NC(=O)Nc2cccnc2)c1. The standard InChI is InChI=1S/C13H12ClN3O/c1-9-5-10(14)7-12(6-9)17-13(18)16-11-3-2-4-15-8-11/h2-8H,1H3,(H2,16,17,18). The van der Waals surface area contributed by atoms with Gasteiger partial charge in [0, 0.05) is 16.9 Å². The van der Waals surface area contributed by atoms with Crippen molar-refractivity contribution in [3.8, 4) is 0 Å². The van der Waals surface area contributed by atoms with E-state index < -0.39 is 0 Å². The van der Waals surface area contributed by atoms with Crippen molar-refractivity contribution in [1.29, 1.82) is 0 Å². The van der Waals surface area contributed by atoms with E-state index in [9.17, 15) is 4.79 Å². The minimum absolute atomic E-state index is 0.329. The predicted molar refractivity (Wildman–Crippen MR) is 73.1 cm³/mol. The average molecular weight is 262 g/mol. The van der Waals surface area contributed by atoms with Crippen molar-refractivity contribution in [2.24, 2.45) is 0 Å². The van der Waals surface area contributed by atoms with Crippen LogP contribution in [0.3, 0.4) is 0 Å². The summed E-state index contributed by atoms with van der Waals surface area (Å²) in [6.45, 7) is 1.91. The zero-order chi connectivity index (χ0) is 13.0. The van der Waals surface area contributed by atoms with Gasteiger partial charge in [-0.05, 0) is 42.8 Å². The van der Waals surface area contributed by atoms with Crippen LogP contribution in [-0.4, -0.2) is 11.0 Å². The van der Waals surface area contributed by atoms with E-state index in [2.05, 4.69) is 15.6 Å². The van der Waals surface area contributed by atoms with Crippen molar-refractivity contribution in [3.05, 3.63) is 53.3 Å². The first kappa shape index (κ1) is 12.4. The van der Waals surface area contributed by atoms with Crippen LogP contribution in [0.15, 0.2) is 42.7 Å². The number of urea groups is 1. The summed E-state index contributed by atoms with van der Waals surface area (Å²) in [5.41, 5.74) is 2.27. The highest BCUT2D eigenvalue weighted by molar-refractivity contribution is 6.31. The van der Waals surface area contributed by atoms with E-state index in [4.69, 9.17) is 11.6 Å². The molecule has 0 spiro atoms. The molecule has 2 amide bonds. The summed E-state index contributed by atoms with van der Waals surface area (Å²) in [5, 5.41) is 5.97. The fourth-order valence-corrected chi connectivity index (χ4v) is 1.83. The van der Waals surface area contributed by atoms with E-state index in [0.717, 1.165) is 5.56 Å². The quantitative estimate of drug-likeness (QED) is 0.866. The molecule has 0 radical (unpaired) electrons. The number of rotatable bonds is 2. The van der Waals surface area contributed by atoms with E-state index in [1.807, 2.05) is 19.1 Å². The van der Waals surface area contributed by atoms with E-state index in [0.29, 0.717) is 16.4 Å². The van der Waals surface area contributed by atoms with Crippen molar-refractivity contribution >= 4 is 29.0 Å². The fourth-order valence-electron chi connectivity index (χ4n) is 1.54. The van der Waals surface area contributed by atoms with Gasteiger partial charge < -0.3 is 10.6 Å². The topological polar surface area (TPSA) is 54.0 Å². The Kier molecular flexibility index (Phi) is 3.79. The second kappa shape index (κ2) is 5.51. The zero-order valence-corrected chi connectivity index (χ0v) is 10.5. The Balaban J connectivity index is 2.03. The molecule has 0 aliphatic carbocycles. The van der Waals surface area contributed by atoms with Gasteiger partial charge in [-0.25, -0.2) is 4.79 Å². The Morgan fingerprint density at radius 2 is 2.00 bits per heavy atom. The van der Waals surface area contributed by atoms with Gasteiger partial charge in [0.1, 0.15) is 0 Å². The number of hydrogen-bond acceptors (Lipinski definition) is 2. The smallest absolute Gasteiger partial charge is 0.308 e. The van der Waals surface area contributed by atoms with Crippen LogP contribution in [-0.2, 0) is 0 Å². The minimum atomic E-state index is -0.329. The highest BCUT2D eigenvalue weighted by atomic mass is 35.5. The maximum absolute atomic E-state index is 11.7. The van der Waals surface area contributed by atoms with Gasteiger partial charge in [0.25, 0.3) is 0 Å². The Bertz CT molecular complexity index is 537. The first-order chi connectivity index (χ1) is 8.63. The molecule has 2 N–H and O–H groups in total. The molecular formula is C13H12ClN3O. The summed E-state index contributed by atoms with van der Waals surface area (Å²) in [6.07, 6.45) is 3.21. The number of carbonyl (C=O) groups is 1. The average Bonchev–Trinajstić information content (AvgIpc) is 2.28. The fraction of sp³-hybridized carbons (Fsp3) is 0.0769. The Hall–Kier alpha value is -2.07. The number of aromatic nitrogens is 1. The van der Waals surface area contributed by atoms with Gasteiger partial charge in [-0.3, -0.25) is 4.98 Å². The van der Waals surface area contributed by atoms with Gasteiger partial charge in [-0.15, -0.1) is 0 Å². The Labute approximate surface area is 110 Å². The zero-order valence-electron chi connectivity index (χ0n) is 9.77. The van der Waals surface area contributed by atoms with Crippen LogP contribution in [0.2, 0.25) is 5.02 Å². The lowest BCUT2D eigenvalue weighted by molar-refractivity contribution is 0.262. The molecule has 1 aromatic carbocycles. The number of amides is 2. The van der Waals surface area contributed by atoms with Crippen LogP contribution in [0.4, 0.5) is 16.2 Å². The molecule has 18 heavy (non-hydrogen) atoms. The largest absolute Gasteiger partial charge is 0.323 e. The maximum Gasteiger partial charge on any atom is 0.323 e. The molecule has 0 aliphatic heterocycles. The van der Waals surface area contributed by atoms with Crippen LogP contribution < -0.4 is 10.6 Å². The van der Waals surface area contributed by atoms with E-state index >= 15 is 0 Å². The molecule has 0 bridgehead atoms. The third-order valence-electron chi connectivity index (χ3n) is 2.22. The third-order valence-corrected chi connectivity index (χ3v) is 2.44. The van der Waals surface area contributed by atoms with Crippen LogP contribution in [0.1, 0.15) is 5.56 Å². The van der Waals surface area contributed by atoms with Gasteiger partial charge in [-0.2, -0.15) is 0 Å². The Morgan fingerprint density at radius 1 is 1.22 bits per heavy atom. The molecule has 1 heterocycles. The number of anilines is 2. The highest BCUT2D eigenvalue weighted by Crippen LogP contribution is 2.18. The Morgan fingerprint density at radius 3 is 2.67 bits per heavy atom. The van der Waals surface area contributed by atoms with E-state index in [1.165, 1.54) is 0 Å². The molecule has 5 heteroatoms.